The maximum atomic E-state index is 12.0. The van der Waals surface area contributed by atoms with Gasteiger partial charge in [0.15, 0.2) is 0 Å². The number of benzene rings is 1. The first-order valence-electron chi connectivity index (χ1n) is 5.68. The van der Waals surface area contributed by atoms with Crippen LogP contribution in [-0.4, -0.2) is 11.9 Å². The summed E-state index contributed by atoms with van der Waals surface area (Å²) in [6, 6.07) is 6.27. The van der Waals surface area contributed by atoms with Gasteiger partial charge in [0.2, 0.25) is 0 Å². The van der Waals surface area contributed by atoms with E-state index in [1.165, 1.54) is 0 Å². The molecule has 1 aliphatic rings. The third-order valence-corrected chi connectivity index (χ3v) is 3.29. The van der Waals surface area contributed by atoms with Crippen molar-refractivity contribution >= 4 is 21.8 Å². The van der Waals surface area contributed by atoms with Crippen molar-refractivity contribution in [2.24, 2.45) is 0 Å². The van der Waals surface area contributed by atoms with Crippen LogP contribution in [0.2, 0.25) is 0 Å². The number of halogens is 1. The Labute approximate surface area is 105 Å². The van der Waals surface area contributed by atoms with Crippen molar-refractivity contribution in [3.63, 3.8) is 0 Å². The molecule has 1 amide bonds. The van der Waals surface area contributed by atoms with E-state index in [2.05, 4.69) is 35.1 Å². The van der Waals surface area contributed by atoms with E-state index in [1.54, 1.807) is 0 Å². The minimum atomic E-state index is 0.0682. The summed E-state index contributed by atoms with van der Waals surface area (Å²) in [6.45, 7) is 4.21. The Hall–Kier alpha value is -0.830. The van der Waals surface area contributed by atoms with Crippen molar-refractivity contribution in [3.05, 3.63) is 33.8 Å². The second-order valence-electron chi connectivity index (χ2n) is 4.63. The van der Waals surface area contributed by atoms with Gasteiger partial charge in [0.1, 0.15) is 0 Å². The average Bonchev–Trinajstić information content (AvgIpc) is 3.01. The summed E-state index contributed by atoms with van der Waals surface area (Å²) in [5.74, 6) is 0.427. The van der Waals surface area contributed by atoms with Gasteiger partial charge in [-0.2, -0.15) is 0 Å². The summed E-state index contributed by atoms with van der Waals surface area (Å²) in [5, 5.41) is 3.03. The Balaban J connectivity index is 2.26. The molecule has 1 saturated carbocycles. The fourth-order valence-corrected chi connectivity index (χ4v) is 2.09. The smallest absolute Gasteiger partial charge is 0.251 e. The van der Waals surface area contributed by atoms with Crippen LogP contribution in [-0.2, 0) is 0 Å². The van der Waals surface area contributed by atoms with Crippen molar-refractivity contribution in [1.29, 1.82) is 0 Å². The molecule has 1 aromatic carbocycles. The standard InChI is InChI=1S/C13H16BrNO/c1-8(2)12-7-9(14)3-6-11(12)13(16)15-10-4-5-10/h3,6-8,10H,4-5H2,1-2H3,(H,15,16). The molecule has 0 spiro atoms. The number of amides is 1. The topological polar surface area (TPSA) is 29.1 Å². The fourth-order valence-electron chi connectivity index (χ4n) is 1.71. The van der Waals surface area contributed by atoms with Crippen LogP contribution in [0, 0.1) is 0 Å². The number of carbonyl (C=O) groups is 1. The molecule has 0 bridgehead atoms. The highest BCUT2D eigenvalue weighted by Gasteiger charge is 2.25. The van der Waals surface area contributed by atoms with Gasteiger partial charge in [-0.1, -0.05) is 29.8 Å². The van der Waals surface area contributed by atoms with Crippen LogP contribution in [0.4, 0.5) is 0 Å². The summed E-state index contributed by atoms with van der Waals surface area (Å²) >= 11 is 3.45. The fraction of sp³-hybridized carbons (Fsp3) is 0.462. The zero-order chi connectivity index (χ0) is 11.7. The largest absolute Gasteiger partial charge is 0.349 e. The van der Waals surface area contributed by atoms with Gasteiger partial charge in [-0.15, -0.1) is 0 Å². The Morgan fingerprint density at radius 3 is 2.69 bits per heavy atom. The van der Waals surface area contributed by atoms with Gasteiger partial charge in [0, 0.05) is 16.1 Å². The Bertz CT molecular complexity index is 410. The van der Waals surface area contributed by atoms with Crippen LogP contribution in [0.1, 0.15) is 48.5 Å². The van der Waals surface area contributed by atoms with Crippen molar-refractivity contribution in [2.75, 3.05) is 0 Å². The number of nitrogens with one attached hydrogen (secondary N) is 1. The Kier molecular flexibility index (Phi) is 3.33. The van der Waals surface area contributed by atoms with Gasteiger partial charge in [-0.25, -0.2) is 0 Å². The number of rotatable bonds is 3. The highest BCUT2D eigenvalue weighted by Crippen LogP contribution is 2.25. The lowest BCUT2D eigenvalue weighted by Gasteiger charge is -2.13. The maximum Gasteiger partial charge on any atom is 0.251 e. The predicted molar refractivity (Wildman–Crippen MR) is 68.7 cm³/mol. The van der Waals surface area contributed by atoms with Crippen LogP contribution in [0.25, 0.3) is 0 Å². The van der Waals surface area contributed by atoms with E-state index in [9.17, 15) is 4.79 Å². The van der Waals surface area contributed by atoms with E-state index in [0.717, 1.165) is 28.4 Å². The van der Waals surface area contributed by atoms with E-state index in [0.29, 0.717) is 12.0 Å². The summed E-state index contributed by atoms with van der Waals surface area (Å²) in [5.41, 5.74) is 1.91. The van der Waals surface area contributed by atoms with Crippen LogP contribution in [0.15, 0.2) is 22.7 Å². The zero-order valence-electron chi connectivity index (χ0n) is 9.59. The van der Waals surface area contributed by atoms with Gasteiger partial charge in [-0.3, -0.25) is 4.79 Å². The van der Waals surface area contributed by atoms with E-state index in [4.69, 9.17) is 0 Å². The first kappa shape index (κ1) is 11.6. The maximum absolute atomic E-state index is 12.0. The molecule has 1 N–H and O–H groups in total. The summed E-state index contributed by atoms with van der Waals surface area (Å²) < 4.78 is 1.03. The minimum absolute atomic E-state index is 0.0682. The number of hydrogen-bond donors (Lipinski definition) is 1. The van der Waals surface area contributed by atoms with Crippen LogP contribution in [0.5, 0.6) is 0 Å². The zero-order valence-corrected chi connectivity index (χ0v) is 11.2. The third kappa shape index (κ3) is 2.64. The summed E-state index contributed by atoms with van der Waals surface area (Å²) in [6.07, 6.45) is 2.25. The van der Waals surface area contributed by atoms with E-state index >= 15 is 0 Å². The van der Waals surface area contributed by atoms with Gasteiger partial charge in [0.05, 0.1) is 0 Å². The molecular formula is C13H16BrNO. The summed E-state index contributed by atoms with van der Waals surface area (Å²) in [7, 11) is 0. The quantitative estimate of drug-likeness (QED) is 0.903. The molecule has 0 saturated heterocycles. The second-order valence-corrected chi connectivity index (χ2v) is 5.55. The molecule has 1 fully saturated rings. The Morgan fingerprint density at radius 2 is 2.12 bits per heavy atom. The Morgan fingerprint density at radius 1 is 1.44 bits per heavy atom. The lowest BCUT2D eigenvalue weighted by atomic mass is 9.97. The molecule has 0 aromatic heterocycles. The van der Waals surface area contributed by atoms with Crippen molar-refractivity contribution in [2.45, 2.75) is 38.6 Å². The molecular weight excluding hydrogens is 266 g/mol. The molecule has 1 aromatic rings. The summed E-state index contributed by atoms with van der Waals surface area (Å²) in [4.78, 5) is 12.0. The van der Waals surface area contributed by atoms with E-state index in [1.807, 2.05) is 18.2 Å². The lowest BCUT2D eigenvalue weighted by molar-refractivity contribution is 0.0950. The molecule has 0 unspecified atom stereocenters. The first-order valence-corrected chi connectivity index (χ1v) is 6.47. The monoisotopic (exact) mass is 281 g/mol. The molecule has 0 heterocycles. The van der Waals surface area contributed by atoms with Gasteiger partial charge in [0.25, 0.3) is 5.91 Å². The van der Waals surface area contributed by atoms with Crippen molar-refractivity contribution < 1.29 is 4.79 Å². The normalized spacial score (nSPS) is 15.2. The van der Waals surface area contributed by atoms with E-state index in [-0.39, 0.29) is 5.91 Å². The van der Waals surface area contributed by atoms with E-state index < -0.39 is 0 Å². The molecule has 2 nitrogen and oxygen atoms in total. The number of carbonyl (C=O) groups excluding carboxylic acids is 1. The minimum Gasteiger partial charge on any atom is -0.349 e. The highest BCUT2D eigenvalue weighted by atomic mass is 79.9. The lowest BCUT2D eigenvalue weighted by Crippen LogP contribution is -2.26. The molecule has 0 aliphatic heterocycles. The number of hydrogen-bond acceptors (Lipinski definition) is 1. The molecule has 0 atom stereocenters. The second kappa shape index (κ2) is 4.58. The molecule has 86 valence electrons. The highest BCUT2D eigenvalue weighted by molar-refractivity contribution is 9.10. The molecule has 3 heteroatoms. The molecule has 0 radical (unpaired) electrons. The molecule has 1 aliphatic carbocycles. The van der Waals surface area contributed by atoms with Gasteiger partial charge in [-0.05, 0) is 42.5 Å². The van der Waals surface area contributed by atoms with Crippen LogP contribution in [0.3, 0.4) is 0 Å². The molecule has 16 heavy (non-hydrogen) atoms. The van der Waals surface area contributed by atoms with Crippen molar-refractivity contribution in [1.82, 2.24) is 5.32 Å². The molecule has 2 rings (SSSR count). The predicted octanol–water partition coefficient (Wildman–Crippen LogP) is 3.46. The van der Waals surface area contributed by atoms with Gasteiger partial charge >= 0.3 is 0 Å². The van der Waals surface area contributed by atoms with Crippen molar-refractivity contribution in [3.8, 4) is 0 Å². The third-order valence-electron chi connectivity index (χ3n) is 2.79. The first-order chi connectivity index (χ1) is 7.58. The van der Waals surface area contributed by atoms with Crippen LogP contribution >= 0.6 is 15.9 Å². The van der Waals surface area contributed by atoms with Gasteiger partial charge < -0.3 is 5.32 Å². The SMILES string of the molecule is CC(C)c1cc(Br)ccc1C(=O)NC1CC1. The average molecular weight is 282 g/mol. The van der Waals surface area contributed by atoms with Crippen LogP contribution < -0.4 is 5.32 Å².